The molecule has 1 unspecified atom stereocenters. The summed E-state index contributed by atoms with van der Waals surface area (Å²) >= 11 is 0. The third kappa shape index (κ3) is 5.22. The average molecular weight is 322 g/mol. The number of benzene rings is 1. The molecule has 1 N–H and O–H groups in total. The lowest BCUT2D eigenvalue weighted by Crippen LogP contribution is -3.15. The molecule has 3 atom stereocenters. The molecule has 23 heavy (non-hydrogen) atoms. The van der Waals surface area contributed by atoms with Crippen LogP contribution in [0.15, 0.2) is 18.2 Å². The molecule has 128 valence electrons. The number of ether oxygens (including phenoxy) is 3. The fourth-order valence-electron chi connectivity index (χ4n) is 3.19. The van der Waals surface area contributed by atoms with Crippen LogP contribution in [0.1, 0.15) is 37.0 Å². The molecular weight excluding hydrogens is 294 g/mol. The lowest BCUT2D eigenvalue weighted by atomic mass is 10.2. The molecule has 2 rings (SSSR count). The van der Waals surface area contributed by atoms with E-state index in [1.165, 1.54) is 0 Å². The van der Waals surface area contributed by atoms with Gasteiger partial charge >= 0.3 is 0 Å². The third-order valence-corrected chi connectivity index (χ3v) is 4.14. The maximum Gasteiger partial charge on any atom is 0.171 e. The highest BCUT2D eigenvalue weighted by molar-refractivity contribution is 5.81. The molecule has 0 saturated carbocycles. The van der Waals surface area contributed by atoms with Crippen molar-refractivity contribution in [2.75, 3.05) is 33.4 Å². The number of quaternary nitrogens is 1. The van der Waals surface area contributed by atoms with E-state index < -0.39 is 0 Å². The molecule has 1 saturated heterocycles. The lowest BCUT2D eigenvalue weighted by Gasteiger charge is -2.32. The van der Waals surface area contributed by atoms with E-state index in [-0.39, 0.29) is 0 Å². The predicted octanol–water partition coefficient (Wildman–Crippen LogP) is 1.36. The Balaban J connectivity index is 1.74. The van der Waals surface area contributed by atoms with E-state index in [1.807, 2.05) is 6.07 Å². The van der Waals surface area contributed by atoms with E-state index >= 15 is 0 Å². The first-order valence-electron chi connectivity index (χ1n) is 8.38. The number of hydrogen-bond acceptors (Lipinski definition) is 4. The third-order valence-electron chi connectivity index (χ3n) is 4.14. The first kappa shape index (κ1) is 17.8. The fourth-order valence-corrected chi connectivity index (χ4v) is 3.19. The van der Waals surface area contributed by atoms with Gasteiger partial charge in [0.15, 0.2) is 17.8 Å². The molecule has 0 aliphatic carbocycles. The number of carbonyl (C=O) groups excluding carboxylic acids is 1. The van der Waals surface area contributed by atoms with E-state index in [2.05, 4.69) is 13.8 Å². The van der Waals surface area contributed by atoms with Gasteiger partial charge in [-0.2, -0.15) is 0 Å². The molecule has 0 radical (unpaired) electrons. The summed E-state index contributed by atoms with van der Waals surface area (Å²) in [5, 5.41) is 0. The van der Waals surface area contributed by atoms with Crippen LogP contribution in [-0.2, 0) is 4.74 Å². The minimum Gasteiger partial charge on any atom is -0.493 e. The number of rotatable bonds is 8. The normalized spacial score (nSPS) is 24.2. The summed E-state index contributed by atoms with van der Waals surface area (Å²) in [6.45, 7) is 8.16. The number of methoxy groups -OCH3 is 1. The molecule has 0 spiro atoms. The monoisotopic (exact) mass is 322 g/mol. The Kier molecular flexibility index (Phi) is 6.86. The zero-order chi connectivity index (χ0) is 16.7. The van der Waals surface area contributed by atoms with Crippen LogP contribution >= 0.6 is 0 Å². The molecule has 0 amide bonds. The quantitative estimate of drug-likeness (QED) is 0.580. The Bertz CT molecular complexity index is 496. The highest BCUT2D eigenvalue weighted by atomic mass is 16.5. The zero-order valence-corrected chi connectivity index (χ0v) is 14.3. The van der Waals surface area contributed by atoms with Crippen molar-refractivity contribution in [3.05, 3.63) is 23.8 Å². The lowest BCUT2D eigenvalue weighted by molar-refractivity contribution is -0.915. The van der Waals surface area contributed by atoms with Crippen LogP contribution in [0.25, 0.3) is 0 Å². The van der Waals surface area contributed by atoms with Crippen molar-refractivity contribution in [2.24, 2.45) is 0 Å². The fraction of sp³-hybridized carbons (Fsp3) is 0.611. The number of morpholine rings is 1. The molecule has 1 aromatic carbocycles. The van der Waals surface area contributed by atoms with Crippen LogP contribution in [0, 0.1) is 0 Å². The van der Waals surface area contributed by atoms with E-state index in [1.54, 1.807) is 24.1 Å². The Morgan fingerprint density at radius 3 is 2.65 bits per heavy atom. The Morgan fingerprint density at radius 2 is 2.00 bits per heavy atom. The van der Waals surface area contributed by atoms with Crippen molar-refractivity contribution in [2.45, 2.75) is 38.9 Å². The molecule has 1 aliphatic heterocycles. The molecule has 1 fully saturated rings. The number of aldehydes is 1. The van der Waals surface area contributed by atoms with Gasteiger partial charge in [0.2, 0.25) is 0 Å². The predicted molar refractivity (Wildman–Crippen MR) is 88.7 cm³/mol. The van der Waals surface area contributed by atoms with Crippen LogP contribution < -0.4 is 14.4 Å². The summed E-state index contributed by atoms with van der Waals surface area (Å²) in [6, 6.07) is 5.34. The largest absolute Gasteiger partial charge is 0.493 e. The Labute approximate surface area is 138 Å². The van der Waals surface area contributed by atoms with Crippen molar-refractivity contribution >= 4 is 6.29 Å². The minimum absolute atomic E-state index is 0.341. The van der Waals surface area contributed by atoms with Crippen molar-refractivity contribution in [3.8, 4) is 11.5 Å². The standard InChI is InChI=1S/C18H27NO4/c1-14-11-19(12-15(2)23-14)9-4-5-10-22-18-16(13-20)7-6-8-17(18)21-3/h6-8,13-15H,4-5,9-12H2,1-3H3/p+1/t14-,15+. The van der Waals surface area contributed by atoms with Crippen LogP contribution in [0.2, 0.25) is 0 Å². The van der Waals surface area contributed by atoms with Crippen LogP contribution in [-0.4, -0.2) is 51.8 Å². The van der Waals surface area contributed by atoms with Crippen molar-refractivity contribution in [3.63, 3.8) is 0 Å². The van der Waals surface area contributed by atoms with Crippen molar-refractivity contribution in [1.82, 2.24) is 0 Å². The number of nitrogens with one attached hydrogen (secondary N) is 1. The van der Waals surface area contributed by atoms with Gasteiger partial charge in [-0.1, -0.05) is 6.07 Å². The number of hydrogen-bond donors (Lipinski definition) is 1. The second-order valence-corrected chi connectivity index (χ2v) is 6.22. The van der Waals surface area contributed by atoms with Crippen LogP contribution in [0.4, 0.5) is 0 Å². The van der Waals surface area contributed by atoms with E-state index in [4.69, 9.17) is 14.2 Å². The Hall–Kier alpha value is -1.59. The topological polar surface area (TPSA) is 49.2 Å². The van der Waals surface area contributed by atoms with E-state index in [0.717, 1.165) is 38.8 Å². The van der Waals surface area contributed by atoms with Gasteiger partial charge in [0.05, 0.1) is 25.8 Å². The summed E-state index contributed by atoms with van der Waals surface area (Å²) in [4.78, 5) is 12.7. The molecule has 1 heterocycles. The summed E-state index contributed by atoms with van der Waals surface area (Å²) in [7, 11) is 1.58. The maximum absolute atomic E-state index is 11.1. The van der Waals surface area contributed by atoms with Crippen molar-refractivity contribution in [1.29, 1.82) is 0 Å². The smallest absolute Gasteiger partial charge is 0.171 e. The molecule has 0 aromatic heterocycles. The maximum atomic E-state index is 11.1. The van der Waals surface area contributed by atoms with Gasteiger partial charge in [-0.15, -0.1) is 0 Å². The second-order valence-electron chi connectivity index (χ2n) is 6.22. The van der Waals surface area contributed by atoms with Gasteiger partial charge < -0.3 is 19.1 Å². The average Bonchev–Trinajstić information content (AvgIpc) is 2.53. The number of carbonyl (C=O) groups is 1. The SMILES string of the molecule is COc1cccc(C=O)c1OCCCC[NH+]1C[C@@H](C)O[C@@H](C)C1. The second kappa shape index (κ2) is 8.89. The van der Waals surface area contributed by atoms with Gasteiger partial charge in [0.25, 0.3) is 0 Å². The van der Waals surface area contributed by atoms with Gasteiger partial charge in [0, 0.05) is 0 Å². The first-order valence-corrected chi connectivity index (χ1v) is 8.38. The number of unbranched alkanes of at least 4 members (excludes halogenated alkanes) is 1. The summed E-state index contributed by atoms with van der Waals surface area (Å²) in [5.41, 5.74) is 0.533. The van der Waals surface area contributed by atoms with E-state index in [0.29, 0.717) is 35.9 Å². The van der Waals surface area contributed by atoms with Crippen molar-refractivity contribution < 1.29 is 23.9 Å². The zero-order valence-electron chi connectivity index (χ0n) is 14.3. The summed E-state index contributed by atoms with van der Waals surface area (Å²) in [6.07, 6.45) is 3.55. The molecule has 1 aromatic rings. The molecule has 0 bridgehead atoms. The van der Waals surface area contributed by atoms with E-state index in [9.17, 15) is 4.79 Å². The van der Waals surface area contributed by atoms with Crippen LogP contribution in [0.3, 0.4) is 0 Å². The Morgan fingerprint density at radius 1 is 1.26 bits per heavy atom. The summed E-state index contributed by atoms with van der Waals surface area (Å²) < 4.78 is 16.8. The van der Waals surface area contributed by atoms with Gasteiger partial charge in [-0.3, -0.25) is 4.79 Å². The highest BCUT2D eigenvalue weighted by Crippen LogP contribution is 2.30. The number of para-hydroxylation sites is 1. The molecule has 5 nitrogen and oxygen atoms in total. The van der Waals surface area contributed by atoms with Crippen LogP contribution in [0.5, 0.6) is 11.5 Å². The highest BCUT2D eigenvalue weighted by Gasteiger charge is 2.24. The molecule has 5 heteroatoms. The molecule has 1 aliphatic rings. The first-order chi connectivity index (χ1) is 11.1. The van der Waals surface area contributed by atoms with Gasteiger partial charge in [-0.25, -0.2) is 0 Å². The van der Waals surface area contributed by atoms with Gasteiger partial charge in [0.1, 0.15) is 25.3 Å². The molecular formula is C18H28NO4+. The minimum atomic E-state index is 0.341. The summed E-state index contributed by atoms with van der Waals surface area (Å²) in [5.74, 6) is 1.15. The van der Waals surface area contributed by atoms with Gasteiger partial charge in [-0.05, 0) is 38.8 Å².